The fourth-order valence-corrected chi connectivity index (χ4v) is 3.27. The molecule has 2 aliphatic rings. The van der Waals surface area contributed by atoms with Crippen molar-refractivity contribution in [3.05, 3.63) is 28.2 Å². The molecule has 2 fully saturated rings. The second kappa shape index (κ2) is 7.66. The highest BCUT2D eigenvalue weighted by molar-refractivity contribution is 9.10. The van der Waals surface area contributed by atoms with Gasteiger partial charge >= 0.3 is 0 Å². The van der Waals surface area contributed by atoms with Gasteiger partial charge in [-0.15, -0.1) is 0 Å². The van der Waals surface area contributed by atoms with E-state index in [1.165, 1.54) is 0 Å². The third kappa shape index (κ3) is 4.80. The third-order valence-electron chi connectivity index (χ3n) is 4.69. The van der Waals surface area contributed by atoms with Crippen molar-refractivity contribution >= 4 is 33.4 Å². The van der Waals surface area contributed by atoms with Crippen LogP contribution >= 0.6 is 15.9 Å². The van der Waals surface area contributed by atoms with E-state index in [2.05, 4.69) is 31.5 Å². The zero-order valence-electron chi connectivity index (χ0n) is 14.0. The monoisotopic (exact) mass is 393 g/mol. The van der Waals surface area contributed by atoms with Crippen molar-refractivity contribution in [2.45, 2.75) is 38.6 Å². The minimum absolute atomic E-state index is 0.0113. The summed E-state index contributed by atoms with van der Waals surface area (Å²) in [5.74, 6) is 0.497. The number of aryl methyl sites for hydroxylation is 1. The lowest BCUT2D eigenvalue weighted by Crippen LogP contribution is -2.46. The van der Waals surface area contributed by atoms with Gasteiger partial charge in [0.1, 0.15) is 0 Å². The molecule has 5 nitrogen and oxygen atoms in total. The Labute approximate surface area is 151 Å². The molecule has 130 valence electrons. The maximum atomic E-state index is 12.2. The molecule has 1 aliphatic carbocycles. The van der Waals surface area contributed by atoms with E-state index in [1.54, 1.807) is 0 Å². The summed E-state index contributed by atoms with van der Waals surface area (Å²) < 4.78 is 1.04. The Kier molecular flexibility index (Phi) is 5.56. The molecule has 6 heteroatoms. The Balaban J connectivity index is 1.41. The van der Waals surface area contributed by atoms with Gasteiger partial charge in [-0.25, -0.2) is 0 Å². The highest BCUT2D eigenvalue weighted by atomic mass is 79.9. The largest absolute Gasteiger partial charge is 0.353 e. The molecular formula is C18H24BrN3O2. The van der Waals surface area contributed by atoms with Gasteiger partial charge in [0.2, 0.25) is 11.8 Å². The molecule has 1 aromatic carbocycles. The average molecular weight is 394 g/mol. The minimum atomic E-state index is 0.0113. The number of benzene rings is 1. The number of rotatable bonds is 5. The molecule has 3 rings (SSSR count). The number of piperidine rings is 1. The first-order valence-corrected chi connectivity index (χ1v) is 9.39. The summed E-state index contributed by atoms with van der Waals surface area (Å²) in [7, 11) is 0. The Morgan fingerprint density at radius 3 is 2.54 bits per heavy atom. The first kappa shape index (κ1) is 17.4. The predicted octanol–water partition coefficient (Wildman–Crippen LogP) is 2.69. The van der Waals surface area contributed by atoms with Crippen molar-refractivity contribution in [2.75, 3.05) is 25.0 Å². The van der Waals surface area contributed by atoms with E-state index < -0.39 is 0 Å². The topological polar surface area (TPSA) is 61.4 Å². The molecule has 0 atom stereocenters. The van der Waals surface area contributed by atoms with Gasteiger partial charge in [0.05, 0.1) is 6.54 Å². The van der Waals surface area contributed by atoms with Crippen LogP contribution in [0, 0.1) is 12.8 Å². The van der Waals surface area contributed by atoms with Crippen molar-refractivity contribution < 1.29 is 9.59 Å². The number of likely N-dealkylation sites (tertiary alicyclic amines) is 1. The van der Waals surface area contributed by atoms with Crippen LogP contribution in [0.25, 0.3) is 0 Å². The summed E-state index contributed by atoms with van der Waals surface area (Å²) >= 11 is 3.46. The molecule has 2 amide bonds. The zero-order chi connectivity index (χ0) is 17.1. The molecule has 1 aliphatic heterocycles. The van der Waals surface area contributed by atoms with Crippen LogP contribution < -0.4 is 10.6 Å². The van der Waals surface area contributed by atoms with Crippen LogP contribution in [-0.2, 0) is 9.59 Å². The molecule has 0 bridgehead atoms. The molecule has 2 N–H and O–H groups in total. The van der Waals surface area contributed by atoms with Gasteiger partial charge < -0.3 is 10.6 Å². The number of carbonyl (C=O) groups excluding carboxylic acids is 2. The van der Waals surface area contributed by atoms with Crippen molar-refractivity contribution in [3.8, 4) is 0 Å². The van der Waals surface area contributed by atoms with Crippen LogP contribution in [0.15, 0.2) is 22.7 Å². The molecule has 1 heterocycles. The molecule has 0 unspecified atom stereocenters. The van der Waals surface area contributed by atoms with Crippen molar-refractivity contribution in [2.24, 2.45) is 5.92 Å². The lowest BCUT2D eigenvalue weighted by Gasteiger charge is -2.31. The van der Waals surface area contributed by atoms with E-state index in [0.29, 0.717) is 6.54 Å². The summed E-state index contributed by atoms with van der Waals surface area (Å²) in [5.41, 5.74) is 1.92. The first-order chi connectivity index (χ1) is 11.5. The standard InChI is InChI=1S/C18H24BrN3O2/c1-12-10-15(4-5-16(12)19)20-17(23)11-22-8-6-14(7-9-22)21-18(24)13-2-3-13/h4-5,10,13-14H,2-3,6-9,11H2,1H3,(H,20,23)(H,21,24). The van der Waals surface area contributed by atoms with E-state index >= 15 is 0 Å². The van der Waals surface area contributed by atoms with Gasteiger partial charge in [-0.3, -0.25) is 14.5 Å². The van der Waals surface area contributed by atoms with Gasteiger partial charge in [0, 0.05) is 35.2 Å². The smallest absolute Gasteiger partial charge is 0.238 e. The zero-order valence-corrected chi connectivity index (χ0v) is 15.6. The summed E-state index contributed by atoms with van der Waals surface area (Å²) in [4.78, 5) is 26.1. The molecule has 24 heavy (non-hydrogen) atoms. The molecule has 0 radical (unpaired) electrons. The lowest BCUT2D eigenvalue weighted by atomic mass is 10.0. The van der Waals surface area contributed by atoms with E-state index in [-0.39, 0.29) is 23.8 Å². The van der Waals surface area contributed by atoms with Gasteiger partial charge in [-0.2, -0.15) is 0 Å². The molecular weight excluding hydrogens is 370 g/mol. The number of nitrogens with one attached hydrogen (secondary N) is 2. The number of anilines is 1. The fraction of sp³-hybridized carbons (Fsp3) is 0.556. The lowest BCUT2D eigenvalue weighted by molar-refractivity contribution is -0.123. The van der Waals surface area contributed by atoms with Crippen LogP contribution in [0.5, 0.6) is 0 Å². The van der Waals surface area contributed by atoms with Gasteiger partial charge in [-0.1, -0.05) is 15.9 Å². The summed E-state index contributed by atoms with van der Waals surface area (Å²) in [5, 5.41) is 6.09. The number of hydrogen-bond acceptors (Lipinski definition) is 3. The van der Waals surface area contributed by atoms with Gasteiger partial charge in [0.25, 0.3) is 0 Å². The number of carbonyl (C=O) groups is 2. The maximum Gasteiger partial charge on any atom is 0.238 e. The minimum Gasteiger partial charge on any atom is -0.353 e. The summed E-state index contributed by atoms with van der Waals surface area (Å²) in [6.45, 7) is 4.10. The van der Waals surface area contributed by atoms with E-state index in [4.69, 9.17) is 0 Å². The van der Waals surface area contributed by atoms with Crippen LogP contribution in [0.1, 0.15) is 31.2 Å². The first-order valence-electron chi connectivity index (χ1n) is 8.60. The average Bonchev–Trinajstić information content (AvgIpc) is 3.38. The van der Waals surface area contributed by atoms with E-state index in [1.807, 2.05) is 25.1 Å². The highest BCUT2D eigenvalue weighted by Gasteiger charge is 2.31. The van der Waals surface area contributed by atoms with Crippen molar-refractivity contribution in [1.82, 2.24) is 10.2 Å². The number of halogens is 1. The van der Waals surface area contributed by atoms with Crippen LogP contribution in [0.4, 0.5) is 5.69 Å². The van der Waals surface area contributed by atoms with Crippen LogP contribution in [-0.4, -0.2) is 42.4 Å². The Hall–Kier alpha value is -1.40. The molecule has 0 aromatic heterocycles. The molecule has 1 saturated carbocycles. The Bertz CT molecular complexity index is 623. The van der Waals surface area contributed by atoms with E-state index in [9.17, 15) is 9.59 Å². The summed E-state index contributed by atoms with van der Waals surface area (Å²) in [6.07, 6.45) is 3.92. The summed E-state index contributed by atoms with van der Waals surface area (Å²) in [6, 6.07) is 6.07. The highest BCUT2D eigenvalue weighted by Crippen LogP contribution is 2.29. The maximum absolute atomic E-state index is 12.2. The molecule has 0 spiro atoms. The number of nitrogens with zero attached hydrogens (tertiary/aromatic N) is 1. The van der Waals surface area contributed by atoms with Gasteiger partial charge in [0.15, 0.2) is 0 Å². The van der Waals surface area contributed by atoms with Crippen molar-refractivity contribution in [1.29, 1.82) is 0 Å². The number of amides is 2. The van der Waals surface area contributed by atoms with Crippen LogP contribution in [0.2, 0.25) is 0 Å². The van der Waals surface area contributed by atoms with Crippen molar-refractivity contribution in [3.63, 3.8) is 0 Å². The molecule has 1 saturated heterocycles. The second-order valence-corrected chi connectivity index (χ2v) is 7.70. The fourth-order valence-electron chi connectivity index (χ4n) is 3.03. The van der Waals surface area contributed by atoms with E-state index in [0.717, 1.165) is 54.5 Å². The van der Waals surface area contributed by atoms with Gasteiger partial charge in [-0.05, 0) is 56.4 Å². The Morgan fingerprint density at radius 1 is 1.21 bits per heavy atom. The normalized spacial score (nSPS) is 19.1. The SMILES string of the molecule is Cc1cc(NC(=O)CN2CCC(NC(=O)C3CC3)CC2)ccc1Br. The second-order valence-electron chi connectivity index (χ2n) is 6.85. The quantitative estimate of drug-likeness (QED) is 0.808. The predicted molar refractivity (Wildman–Crippen MR) is 97.8 cm³/mol. The van der Waals surface area contributed by atoms with Crippen LogP contribution in [0.3, 0.4) is 0 Å². The number of hydrogen-bond donors (Lipinski definition) is 2. The molecule has 1 aromatic rings. The Morgan fingerprint density at radius 2 is 1.92 bits per heavy atom. The third-order valence-corrected chi connectivity index (χ3v) is 5.58.